The number of aromatic nitrogens is 18. The molecular formula is C76H107Cl2N35O2. The summed E-state index contributed by atoms with van der Waals surface area (Å²) in [6.45, 7) is 28.9. The lowest BCUT2D eigenvalue weighted by Gasteiger charge is -2.38. The molecule has 6 aromatic heterocycles. The molecule has 15 rings (SSSR count). The van der Waals surface area contributed by atoms with Crippen LogP contribution in [0.2, 0.25) is 10.6 Å². The Balaban J connectivity index is 0.609. The van der Waals surface area contributed by atoms with E-state index >= 15 is 0 Å². The maximum Gasteiger partial charge on any atom is 0.410 e. The molecule has 0 bridgehead atoms. The van der Waals surface area contributed by atoms with Crippen LogP contribution in [0, 0.1) is 5.92 Å². The predicted molar refractivity (Wildman–Crippen MR) is 451 cm³/mol. The van der Waals surface area contributed by atoms with Crippen molar-refractivity contribution in [3.8, 4) is 0 Å². The largest absolute Gasteiger partial charge is 0.444 e. The summed E-state index contributed by atoms with van der Waals surface area (Å²) in [5, 5.41) is 17.9. The van der Waals surface area contributed by atoms with Crippen LogP contribution >= 0.6 is 23.2 Å². The van der Waals surface area contributed by atoms with Crippen molar-refractivity contribution < 1.29 is 9.53 Å². The summed E-state index contributed by atoms with van der Waals surface area (Å²) in [6, 6.07) is 20.6. The minimum Gasteiger partial charge on any atom is -0.444 e. The SMILES string of the molecule is CCCCCNc1nc(N2CCN(c3nc(Cl)nc(Cl)n3)CC2)nc(N2CCN(c3nc(NCC(C)C)nc(N4CCN(c5nc(NC6CCCCC6)nc(N6CCN(c7nc(Nc8ccccc8)nc(N8CCN(c9nc(NCCc%10ccccc%10)nc(N%10CCN(C(=O)OC(C)(C)C)CC%10)n9)CC8)n7)CC6)n5)CC4)n3)CC2)n1. The number of amides is 1. The number of rotatable bonds is 27. The Morgan fingerprint density at radius 2 is 0.730 bits per heavy atom. The van der Waals surface area contributed by atoms with Crippen LogP contribution in [0.4, 0.5) is 106 Å². The van der Waals surface area contributed by atoms with Gasteiger partial charge in [-0.1, -0.05) is 101 Å². The Labute approximate surface area is 681 Å². The van der Waals surface area contributed by atoms with E-state index < -0.39 is 5.60 Å². The summed E-state index contributed by atoms with van der Waals surface area (Å²) in [5.74, 6) is 9.55. The second-order valence-electron chi connectivity index (χ2n) is 31.3. The highest BCUT2D eigenvalue weighted by Crippen LogP contribution is 2.31. The van der Waals surface area contributed by atoms with Gasteiger partial charge < -0.3 is 90.1 Å². The van der Waals surface area contributed by atoms with Gasteiger partial charge in [0.15, 0.2) is 0 Å². The number of piperazine rings is 6. The van der Waals surface area contributed by atoms with Crippen molar-refractivity contribution in [2.75, 3.05) is 257 Å². The van der Waals surface area contributed by atoms with Gasteiger partial charge in [-0.15, -0.1) is 0 Å². The van der Waals surface area contributed by atoms with Gasteiger partial charge in [0.25, 0.3) is 0 Å². The van der Waals surface area contributed by atoms with Gasteiger partial charge in [0.05, 0.1) is 0 Å². The molecule has 1 saturated carbocycles. The standard InChI is InChI=1S/C76H107Cl2N35O2/c1-7-8-18-26-79-59-87-65(103-30-28-102(29-31-103)64-85-57(77)84-58(78)86-64)97-66(88-59)104-32-34-106(35-33-104)69-91-61(81-52-53(2)3)92-70(99-69)107-38-42-109(43-39-107)72-94-63(83-56-23-16-11-17-24-56)96-74(101-72)111-46-44-110(45-47-111)73-95-62(82-55-21-14-10-15-22-55)93-71(100-73)108-40-36-105(37-41-108)67-89-60(80-27-25-54-19-12-9-13-20-54)90-68(98-67)112-48-50-113(51-49-112)75(114)115-76(4,5)6/h9-10,12-15,19-22,53,56H,7-8,11,16-18,23-52H2,1-6H3,(H,79,87,88,97)(H,80,89,90,98)(H,81,91,92,99)(H,82,93,95,100)(H,83,94,96,101). The monoisotopic (exact) mass is 1610 g/mol. The van der Waals surface area contributed by atoms with Gasteiger partial charge in [-0.05, 0) is 93.3 Å². The fraction of sp³-hybridized carbons (Fsp3) is 0.592. The lowest BCUT2D eigenvalue weighted by Crippen LogP contribution is -2.51. The number of para-hydroxylation sites is 1. The van der Waals surface area contributed by atoms with Crippen LogP contribution in [0.15, 0.2) is 60.7 Å². The highest BCUT2D eigenvalue weighted by atomic mass is 35.5. The molecule has 2 aromatic carbocycles. The smallest absolute Gasteiger partial charge is 0.410 e. The third-order valence-corrected chi connectivity index (χ3v) is 21.6. The first-order valence-corrected chi connectivity index (χ1v) is 41.7. The van der Waals surface area contributed by atoms with Gasteiger partial charge in [0, 0.05) is 188 Å². The zero-order valence-electron chi connectivity index (χ0n) is 66.9. The van der Waals surface area contributed by atoms with Gasteiger partial charge in [-0.25, -0.2) is 4.79 Å². The normalized spacial score (nSPS) is 17.5. The van der Waals surface area contributed by atoms with Crippen molar-refractivity contribution in [2.24, 2.45) is 5.92 Å². The molecule has 612 valence electrons. The van der Waals surface area contributed by atoms with Crippen LogP contribution < -0.4 is 80.5 Å². The number of carbonyl (C=O) groups excluding carboxylic acids is 1. The van der Waals surface area contributed by atoms with E-state index in [-0.39, 0.29) is 22.7 Å². The number of benzene rings is 2. The summed E-state index contributed by atoms with van der Waals surface area (Å²) in [5.41, 5.74) is 1.50. The molecule has 7 fully saturated rings. The number of unbranched alkanes of at least 4 members (excludes halogenated alkanes) is 2. The lowest BCUT2D eigenvalue weighted by atomic mass is 9.96. The number of carbonyl (C=O) groups is 1. The van der Waals surface area contributed by atoms with Crippen molar-refractivity contribution >= 4 is 130 Å². The highest BCUT2D eigenvalue weighted by Gasteiger charge is 2.34. The number of halogens is 2. The molecule has 8 aromatic rings. The van der Waals surface area contributed by atoms with Crippen molar-refractivity contribution in [1.29, 1.82) is 0 Å². The minimum atomic E-state index is -0.586. The van der Waals surface area contributed by atoms with Gasteiger partial charge in [0.2, 0.25) is 106 Å². The molecule has 1 aliphatic carbocycles. The average molecular weight is 1610 g/mol. The molecule has 5 N–H and O–H groups in total. The Bertz CT molecular complexity index is 4470. The van der Waals surface area contributed by atoms with Crippen LogP contribution in [0.25, 0.3) is 0 Å². The predicted octanol–water partition coefficient (Wildman–Crippen LogP) is 7.61. The fourth-order valence-electron chi connectivity index (χ4n) is 14.9. The topological polar surface area (TPSA) is 357 Å². The molecule has 0 unspecified atom stereocenters. The number of nitrogens with one attached hydrogen (secondary N) is 5. The summed E-state index contributed by atoms with van der Waals surface area (Å²) in [6.07, 6.45) is 9.43. The maximum atomic E-state index is 13.1. The number of hydrogen-bond donors (Lipinski definition) is 5. The number of hydrogen-bond acceptors (Lipinski definition) is 36. The van der Waals surface area contributed by atoms with Gasteiger partial charge in [0.1, 0.15) is 5.60 Å². The van der Waals surface area contributed by atoms with E-state index in [1.54, 1.807) is 4.90 Å². The van der Waals surface area contributed by atoms with Gasteiger partial charge >= 0.3 is 6.09 Å². The van der Waals surface area contributed by atoms with E-state index in [4.69, 9.17) is 103 Å². The zero-order chi connectivity index (χ0) is 79.2. The van der Waals surface area contributed by atoms with Crippen molar-refractivity contribution in [1.82, 2.24) is 94.6 Å². The van der Waals surface area contributed by atoms with Crippen LogP contribution in [0.5, 0.6) is 0 Å². The summed E-state index contributed by atoms with van der Waals surface area (Å²) < 4.78 is 5.71. The Morgan fingerprint density at radius 3 is 1.10 bits per heavy atom. The first-order valence-electron chi connectivity index (χ1n) is 40.9. The van der Waals surface area contributed by atoms with Crippen LogP contribution in [0.3, 0.4) is 0 Å². The highest BCUT2D eigenvalue weighted by molar-refractivity contribution is 6.31. The van der Waals surface area contributed by atoms with E-state index in [0.29, 0.717) is 271 Å². The van der Waals surface area contributed by atoms with Crippen LogP contribution in [-0.4, -0.2) is 289 Å². The third kappa shape index (κ3) is 21.2. The summed E-state index contributed by atoms with van der Waals surface area (Å²) in [4.78, 5) is 128. The van der Waals surface area contributed by atoms with Crippen molar-refractivity contribution in [3.05, 3.63) is 76.8 Å². The summed E-state index contributed by atoms with van der Waals surface area (Å²) in [7, 11) is 0. The molecule has 0 radical (unpaired) electrons. The lowest BCUT2D eigenvalue weighted by molar-refractivity contribution is 0.0240. The van der Waals surface area contributed by atoms with Gasteiger partial charge in [-0.2, -0.15) is 89.7 Å². The minimum absolute atomic E-state index is 0.0604. The molecule has 1 amide bonds. The molecule has 6 aliphatic heterocycles. The van der Waals surface area contributed by atoms with E-state index in [1.807, 2.05) is 62.1 Å². The molecule has 37 nitrogen and oxygen atoms in total. The van der Waals surface area contributed by atoms with Crippen molar-refractivity contribution in [2.45, 2.75) is 111 Å². The molecule has 12 heterocycles. The number of ether oxygens (including phenoxy) is 1. The van der Waals surface area contributed by atoms with Crippen LogP contribution in [0.1, 0.15) is 98.5 Å². The van der Waals surface area contributed by atoms with E-state index in [9.17, 15) is 4.79 Å². The van der Waals surface area contributed by atoms with Crippen LogP contribution in [-0.2, 0) is 11.2 Å². The number of nitrogens with zero attached hydrogens (tertiary/aromatic N) is 30. The number of anilines is 17. The van der Waals surface area contributed by atoms with E-state index in [2.05, 4.69) is 136 Å². The molecule has 0 atom stereocenters. The quantitative estimate of drug-likeness (QED) is 0.0309. The van der Waals surface area contributed by atoms with Crippen molar-refractivity contribution in [3.63, 3.8) is 0 Å². The Hall–Kier alpha value is -10.8. The molecular weight excluding hydrogens is 1510 g/mol. The summed E-state index contributed by atoms with van der Waals surface area (Å²) >= 11 is 12.3. The average Bonchev–Trinajstić information content (AvgIpc) is 0.800. The molecule has 7 aliphatic rings. The molecule has 39 heteroatoms. The zero-order valence-corrected chi connectivity index (χ0v) is 68.4. The molecule has 0 spiro atoms. The molecule has 6 saturated heterocycles. The first kappa shape index (κ1) is 79.4. The van der Waals surface area contributed by atoms with Gasteiger partial charge in [-0.3, -0.25) is 0 Å². The Kier molecular flexibility index (Phi) is 25.7. The third-order valence-electron chi connectivity index (χ3n) is 21.3. The Morgan fingerprint density at radius 1 is 0.400 bits per heavy atom. The fourth-order valence-corrected chi connectivity index (χ4v) is 15.2. The van der Waals surface area contributed by atoms with E-state index in [0.717, 1.165) is 50.8 Å². The second kappa shape index (κ2) is 37.2. The maximum absolute atomic E-state index is 13.1. The van der Waals surface area contributed by atoms with E-state index in [1.165, 1.54) is 24.8 Å². The second-order valence-corrected chi connectivity index (χ2v) is 32.0. The molecule has 115 heavy (non-hydrogen) atoms. The first-order chi connectivity index (χ1) is 56.0.